The van der Waals surface area contributed by atoms with E-state index in [1.807, 2.05) is 103 Å². The molecule has 1 fully saturated rings. The highest BCUT2D eigenvalue weighted by atomic mass is 32.1. The summed E-state index contributed by atoms with van der Waals surface area (Å²) in [5, 5.41) is 12.0. The van der Waals surface area contributed by atoms with Gasteiger partial charge < -0.3 is 40.1 Å². The summed E-state index contributed by atoms with van der Waals surface area (Å²) in [7, 11) is 8.23. The van der Waals surface area contributed by atoms with E-state index in [2.05, 4.69) is 20.9 Å². The summed E-state index contributed by atoms with van der Waals surface area (Å²) in [5.41, 5.74) is 1.08. The third-order valence-corrected chi connectivity index (χ3v) is 13.6. The predicted octanol–water partition coefficient (Wildman–Crippen LogP) is 5.33. The van der Waals surface area contributed by atoms with E-state index in [4.69, 9.17) is 9.47 Å². The number of carbonyl (C=O) groups excluding carboxylic acids is 5. The summed E-state index contributed by atoms with van der Waals surface area (Å²) in [5.74, 6) is -2.38. The molecule has 2 aromatic rings. The van der Waals surface area contributed by atoms with Crippen molar-refractivity contribution in [2.45, 2.75) is 143 Å². The third-order valence-electron chi connectivity index (χ3n) is 12.7. The molecule has 1 saturated heterocycles. The minimum Gasteiger partial charge on any atom is -0.379 e. The summed E-state index contributed by atoms with van der Waals surface area (Å²) in [6.45, 7) is 17.9. The van der Waals surface area contributed by atoms with Crippen molar-refractivity contribution in [3.63, 3.8) is 0 Å². The Labute approximate surface area is 375 Å². The maximum absolute atomic E-state index is 14.6. The number of amides is 5. The molecule has 1 aliphatic heterocycles. The van der Waals surface area contributed by atoms with Gasteiger partial charge in [-0.2, -0.15) is 0 Å². The SMILES string of the molecule is CCC(C)C(C(CC(=O)N1CCC[C@H]1C(OC)C(C)C(=O)NC(Cc1ccccc1)c1nccs1)OC)N(C)C(=O)C(NC(=O)C(C(C)C)N(C)C(=O)C(NC)C(C)C)C(C)C. The second-order valence-corrected chi connectivity index (χ2v) is 19.0. The van der Waals surface area contributed by atoms with Crippen LogP contribution in [-0.2, 0) is 39.9 Å². The maximum Gasteiger partial charge on any atom is 0.245 e. The van der Waals surface area contributed by atoms with Crippen LogP contribution in [0.15, 0.2) is 41.9 Å². The normalized spacial score (nSPS) is 18.7. The fourth-order valence-corrected chi connectivity index (χ4v) is 9.75. The van der Waals surface area contributed by atoms with Crippen molar-refractivity contribution in [1.29, 1.82) is 0 Å². The molecule has 3 rings (SSSR count). The molecular formula is C47H77N7O7S. The highest BCUT2D eigenvalue weighted by Crippen LogP contribution is 2.31. The lowest BCUT2D eigenvalue weighted by Gasteiger charge is -2.41. The average molecular weight is 884 g/mol. The number of methoxy groups -OCH3 is 2. The number of ether oxygens (including phenoxy) is 2. The molecule has 0 radical (unpaired) electrons. The molecule has 1 aromatic heterocycles. The van der Waals surface area contributed by atoms with Crippen LogP contribution in [0.2, 0.25) is 0 Å². The van der Waals surface area contributed by atoms with Gasteiger partial charge in [0.05, 0.1) is 48.7 Å². The Hall–Kier alpha value is -3.92. The molecular weight excluding hydrogens is 807 g/mol. The zero-order valence-corrected chi connectivity index (χ0v) is 40.7. The highest BCUT2D eigenvalue weighted by Gasteiger charge is 2.44. The first-order valence-corrected chi connectivity index (χ1v) is 23.3. The number of likely N-dealkylation sites (N-methyl/N-ethyl adjacent to an activating group) is 3. The molecule has 0 spiro atoms. The van der Waals surface area contributed by atoms with Gasteiger partial charge in [-0.25, -0.2) is 4.98 Å². The number of aromatic nitrogens is 1. The second kappa shape index (κ2) is 24.8. The minimum atomic E-state index is -0.900. The fourth-order valence-electron chi connectivity index (χ4n) is 9.06. The van der Waals surface area contributed by atoms with Crippen molar-refractivity contribution < 1.29 is 33.4 Å². The van der Waals surface area contributed by atoms with Crippen LogP contribution in [0.4, 0.5) is 0 Å². The van der Waals surface area contributed by atoms with Crippen molar-refractivity contribution in [3.05, 3.63) is 52.5 Å². The molecule has 1 aromatic carbocycles. The Morgan fingerprint density at radius 3 is 2.00 bits per heavy atom. The maximum atomic E-state index is 14.6. The first-order chi connectivity index (χ1) is 29.3. The van der Waals surface area contributed by atoms with Crippen LogP contribution in [0.25, 0.3) is 0 Å². The molecule has 10 atom stereocenters. The monoisotopic (exact) mass is 884 g/mol. The lowest BCUT2D eigenvalue weighted by atomic mass is 9.89. The van der Waals surface area contributed by atoms with Gasteiger partial charge in [-0.05, 0) is 55.5 Å². The summed E-state index contributed by atoms with van der Waals surface area (Å²) < 4.78 is 12.1. The molecule has 0 saturated carbocycles. The zero-order valence-electron chi connectivity index (χ0n) is 39.8. The van der Waals surface area contributed by atoms with Crippen LogP contribution in [0.3, 0.4) is 0 Å². The highest BCUT2D eigenvalue weighted by molar-refractivity contribution is 7.09. The molecule has 62 heavy (non-hydrogen) atoms. The molecule has 348 valence electrons. The van der Waals surface area contributed by atoms with E-state index in [1.54, 1.807) is 46.5 Å². The van der Waals surface area contributed by atoms with Gasteiger partial charge in [-0.1, -0.05) is 99.1 Å². The third kappa shape index (κ3) is 13.3. The molecule has 3 N–H and O–H groups in total. The number of nitrogens with one attached hydrogen (secondary N) is 3. The van der Waals surface area contributed by atoms with Crippen LogP contribution in [0.5, 0.6) is 0 Å². The van der Waals surface area contributed by atoms with Gasteiger partial charge in [0, 0.05) is 46.4 Å². The Balaban J connectivity index is 1.81. The van der Waals surface area contributed by atoms with E-state index < -0.39 is 48.2 Å². The number of likely N-dealkylation sites (tertiary alicyclic amines) is 1. The van der Waals surface area contributed by atoms with E-state index in [9.17, 15) is 24.0 Å². The van der Waals surface area contributed by atoms with Gasteiger partial charge in [0.25, 0.3) is 0 Å². The number of rotatable bonds is 24. The summed E-state index contributed by atoms with van der Waals surface area (Å²) in [6.07, 6.45) is 3.22. The number of carbonyl (C=O) groups is 5. The molecule has 0 bridgehead atoms. The van der Waals surface area contributed by atoms with E-state index in [0.717, 1.165) is 17.0 Å². The van der Waals surface area contributed by atoms with Crippen molar-refractivity contribution in [2.24, 2.45) is 29.6 Å². The molecule has 1 aliphatic rings. The molecule has 14 nitrogen and oxygen atoms in total. The smallest absolute Gasteiger partial charge is 0.245 e. The Kier molecular flexibility index (Phi) is 21.0. The zero-order chi connectivity index (χ0) is 46.4. The number of hydrogen-bond acceptors (Lipinski definition) is 10. The van der Waals surface area contributed by atoms with Crippen molar-refractivity contribution >= 4 is 40.9 Å². The van der Waals surface area contributed by atoms with Gasteiger partial charge >= 0.3 is 0 Å². The lowest BCUT2D eigenvalue weighted by Crippen LogP contribution is -2.61. The van der Waals surface area contributed by atoms with E-state index in [1.165, 1.54) is 16.2 Å². The van der Waals surface area contributed by atoms with Crippen LogP contribution >= 0.6 is 11.3 Å². The van der Waals surface area contributed by atoms with Gasteiger partial charge in [0.1, 0.15) is 17.1 Å². The molecule has 5 amide bonds. The number of benzene rings is 1. The summed E-state index contributed by atoms with van der Waals surface area (Å²) in [4.78, 5) is 80.0. The van der Waals surface area contributed by atoms with Crippen molar-refractivity contribution in [1.82, 2.24) is 35.6 Å². The van der Waals surface area contributed by atoms with Crippen LogP contribution < -0.4 is 16.0 Å². The van der Waals surface area contributed by atoms with Gasteiger partial charge in [-0.15, -0.1) is 11.3 Å². The standard InChI is InChI=1S/C47H77N7O7S/c1-15-31(8)41(53(12)47(59)39(29(4)5)51-44(57)40(30(6)7)52(11)46(58)38(48-10)28(2)3)36(60-13)27-37(55)54-24-19-22-35(54)42(61-14)32(9)43(56)50-34(45-49-23-25-62-45)26-33-20-17-16-18-21-33/h16-18,20-21,23,25,28-32,34-36,38-42,48H,15,19,22,24,26-27H2,1-14H3,(H,50,56)(H,51,57)/t31?,32?,34?,35-,36?,38?,39?,40?,41?,42?/m0/s1. The second-order valence-electron chi connectivity index (χ2n) is 18.1. The number of hydrogen-bond donors (Lipinski definition) is 3. The predicted molar refractivity (Wildman–Crippen MR) is 245 cm³/mol. The van der Waals surface area contributed by atoms with Crippen LogP contribution in [0, 0.1) is 29.6 Å². The quantitative estimate of drug-likeness (QED) is 0.127. The average Bonchev–Trinajstić information content (AvgIpc) is 3.96. The van der Waals surface area contributed by atoms with Crippen molar-refractivity contribution in [3.8, 4) is 0 Å². The lowest BCUT2D eigenvalue weighted by molar-refractivity contribution is -0.149. The van der Waals surface area contributed by atoms with Gasteiger partial charge in [0.15, 0.2) is 0 Å². The first kappa shape index (κ1) is 52.4. The molecule has 15 heteroatoms. The summed E-state index contributed by atoms with van der Waals surface area (Å²) >= 11 is 1.50. The van der Waals surface area contributed by atoms with Crippen LogP contribution in [0.1, 0.15) is 105 Å². The van der Waals surface area contributed by atoms with Crippen LogP contribution in [-0.4, -0.2) is 134 Å². The number of thiazole rings is 1. The van der Waals surface area contributed by atoms with E-state index in [0.29, 0.717) is 25.8 Å². The van der Waals surface area contributed by atoms with E-state index in [-0.39, 0.29) is 65.8 Å². The molecule has 9 unspecified atom stereocenters. The van der Waals surface area contributed by atoms with E-state index >= 15 is 0 Å². The summed E-state index contributed by atoms with van der Waals surface area (Å²) in [6, 6.07) is 6.63. The Bertz CT molecular complexity index is 1710. The molecule has 0 aliphatic carbocycles. The molecule has 2 heterocycles. The van der Waals surface area contributed by atoms with Gasteiger partial charge in [-0.3, -0.25) is 24.0 Å². The topological polar surface area (TPSA) is 163 Å². The van der Waals surface area contributed by atoms with Gasteiger partial charge in [0.2, 0.25) is 29.5 Å². The first-order valence-electron chi connectivity index (χ1n) is 22.4. The largest absolute Gasteiger partial charge is 0.379 e. The fraction of sp³-hybridized carbons (Fsp3) is 0.702. The minimum absolute atomic E-state index is 0.00332. The van der Waals surface area contributed by atoms with Crippen molar-refractivity contribution in [2.75, 3.05) is 41.9 Å². The Morgan fingerprint density at radius 2 is 1.48 bits per heavy atom. The number of nitrogens with zero attached hydrogens (tertiary/aromatic N) is 4. The Morgan fingerprint density at radius 1 is 0.855 bits per heavy atom.